The summed E-state index contributed by atoms with van der Waals surface area (Å²) in [6, 6.07) is 0. The number of carbonyl (C=O) groups excluding carboxylic acids is 2. The number of esters is 2. The summed E-state index contributed by atoms with van der Waals surface area (Å²) in [6.45, 7) is 4.08. The van der Waals surface area contributed by atoms with E-state index in [1.807, 2.05) is 0 Å². The van der Waals surface area contributed by atoms with Crippen molar-refractivity contribution in [3.8, 4) is 0 Å². The minimum atomic E-state index is -0.775. The molecule has 386 valence electrons. The standard InChI is InChI=1S/C61H112O5/c1-3-5-7-9-11-13-15-17-18-19-20-21-22-23-24-25-26-27-28-29-30-31-32-33-34-35-36-37-38-39-40-41-42-44-46-48-50-52-54-56-61(64)66-59(57-62)58-65-60(63)55-53-51-49-47-45-43-16-14-12-10-8-6-4-2/h8,10,14-17,19-20,59,62H,3-7,9,11-13,18,21-58H2,1-2H3/b10-8-,16-14-,17-15-,20-19-. The fourth-order valence-electron chi connectivity index (χ4n) is 8.69. The molecular weight excluding hydrogens is 813 g/mol. The van der Waals surface area contributed by atoms with Crippen LogP contribution >= 0.6 is 0 Å². The molecule has 0 rings (SSSR count). The van der Waals surface area contributed by atoms with E-state index in [-0.39, 0.29) is 25.2 Å². The molecule has 0 aromatic heterocycles. The molecule has 1 atom stereocenters. The Hall–Kier alpha value is -2.14. The topological polar surface area (TPSA) is 72.8 Å². The third-order valence-electron chi connectivity index (χ3n) is 13.1. The van der Waals surface area contributed by atoms with E-state index in [2.05, 4.69) is 62.5 Å². The van der Waals surface area contributed by atoms with Crippen LogP contribution in [-0.4, -0.2) is 36.4 Å². The summed E-state index contributed by atoms with van der Waals surface area (Å²) >= 11 is 0. The van der Waals surface area contributed by atoms with Crippen molar-refractivity contribution in [3.63, 3.8) is 0 Å². The summed E-state index contributed by atoms with van der Waals surface area (Å²) in [5.41, 5.74) is 0. The van der Waals surface area contributed by atoms with E-state index >= 15 is 0 Å². The van der Waals surface area contributed by atoms with Gasteiger partial charge in [-0.25, -0.2) is 0 Å². The van der Waals surface area contributed by atoms with E-state index in [4.69, 9.17) is 9.47 Å². The van der Waals surface area contributed by atoms with Crippen molar-refractivity contribution in [2.75, 3.05) is 13.2 Å². The number of allylic oxidation sites excluding steroid dienone is 8. The number of unbranched alkanes of at least 4 members (excludes halogenated alkanes) is 38. The van der Waals surface area contributed by atoms with Crippen LogP contribution in [0, 0.1) is 0 Å². The van der Waals surface area contributed by atoms with Gasteiger partial charge in [-0.1, -0.05) is 274 Å². The van der Waals surface area contributed by atoms with E-state index in [1.54, 1.807) is 0 Å². The summed E-state index contributed by atoms with van der Waals surface area (Å²) in [5.74, 6) is -0.596. The number of hydrogen-bond donors (Lipinski definition) is 1. The highest BCUT2D eigenvalue weighted by Crippen LogP contribution is 2.17. The second-order valence-corrected chi connectivity index (χ2v) is 19.7. The Labute approximate surface area is 411 Å². The molecule has 0 aliphatic heterocycles. The lowest BCUT2D eigenvalue weighted by Gasteiger charge is -2.15. The molecule has 0 bridgehead atoms. The van der Waals surface area contributed by atoms with Crippen molar-refractivity contribution in [1.29, 1.82) is 0 Å². The fraction of sp³-hybridized carbons (Fsp3) is 0.836. The van der Waals surface area contributed by atoms with Gasteiger partial charge in [0.25, 0.3) is 0 Å². The smallest absolute Gasteiger partial charge is 0.306 e. The quantitative estimate of drug-likeness (QED) is 0.0374. The highest BCUT2D eigenvalue weighted by molar-refractivity contribution is 5.70. The van der Waals surface area contributed by atoms with Gasteiger partial charge in [0, 0.05) is 12.8 Å². The molecule has 0 aromatic carbocycles. The lowest BCUT2D eigenvalue weighted by atomic mass is 10.0. The van der Waals surface area contributed by atoms with Gasteiger partial charge in [0.2, 0.25) is 0 Å². The molecular formula is C61H112O5. The highest BCUT2D eigenvalue weighted by atomic mass is 16.6. The van der Waals surface area contributed by atoms with Crippen LogP contribution in [0.3, 0.4) is 0 Å². The van der Waals surface area contributed by atoms with E-state index in [0.29, 0.717) is 12.8 Å². The second kappa shape index (κ2) is 57.2. The van der Waals surface area contributed by atoms with Crippen LogP contribution in [0.25, 0.3) is 0 Å². The normalized spacial score (nSPS) is 12.5. The van der Waals surface area contributed by atoms with Crippen LogP contribution in [0.5, 0.6) is 0 Å². The third-order valence-corrected chi connectivity index (χ3v) is 13.1. The van der Waals surface area contributed by atoms with Crippen LogP contribution in [0.1, 0.15) is 309 Å². The zero-order valence-corrected chi connectivity index (χ0v) is 44.2. The van der Waals surface area contributed by atoms with E-state index < -0.39 is 6.10 Å². The molecule has 0 spiro atoms. The predicted molar refractivity (Wildman–Crippen MR) is 288 cm³/mol. The summed E-state index contributed by atoms with van der Waals surface area (Å²) in [6.07, 6.45) is 75.5. The van der Waals surface area contributed by atoms with Crippen molar-refractivity contribution < 1.29 is 24.2 Å². The van der Waals surface area contributed by atoms with E-state index in [0.717, 1.165) is 64.2 Å². The van der Waals surface area contributed by atoms with Crippen molar-refractivity contribution in [2.24, 2.45) is 0 Å². The SMILES string of the molecule is CCC/C=C\C/C=C\CCCCCCCC(=O)OCC(CO)OC(=O)CCCCCCCCCCCCCCCCCCCCCCCCCCCCC/C=C\C/C=C\CCCCCCC. The van der Waals surface area contributed by atoms with Gasteiger partial charge in [-0.05, 0) is 70.6 Å². The fourth-order valence-corrected chi connectivity index (χ4v) is 8.69. The number of ether oxygens (including phenoxy) is 2. The molecule has 66 heavy (non-hydrogen) atoms. The Morgan fingerprint density at radius 3 is 0.955 bits per heavy atom. The van der Waals surface area contributed by atoms with Gasteiger partial charge in [0.1, 0.15) is 6.61 Å². The maximum atomic E-state index is 12.3. The summed E-state index contributed by atoms with van der Waals surface area (Å²) in [4.78, 5) is 24.4. The predicted octanol–water partition coefficient (Wildman–Crippen LogP) is 19.6. The lowest BCUT2D eigenvalue weighted by Crippen LogP contribution is -2.28. The van der Waals surface area contributed by atoms with Crippen LogP contribution in [0.2, 0.25) is 0 Å². The molecule has 0 radical (unpaired) electrons. The number of hydrogen-bond acceptors (Lipinski definition) is 5. The number of aliphatic hydroxyl groups excluding tert-OH is 1. The average molecular weight is 926 g/mol. The zero-order chi connectivity index (χ0) is 47.7. The van der Waals surface area contributed by atoms with Crippen molar-refractivity contribution >= 4 is 11.9 Å². The number of aliphatic hydroxyl groups is 1. The molecule has 0 saturated carbocycles. The van der Waals surface area contributed by atoms with Gasteiger partial charge < -0.3 is 14.6 Å². The Balaban J connectivity index is 3.36. The first-order valence-electron chi connectivity index (χ1n) is 29.2. The average Bonchev–Trinajstić information content (AvgIpc) is 3.32. The Bertz CT molecular complexity index is 1090. The third kappa shape index (κ3) is 54.5. The van der Waals surface area contributed by atoms with Gasteiger partial charge in [0.05, 0.1) is 6.61 Å². The summed E-state index contributed by atoms with van der Waals surface area (Å²) < 4.78 is 10.7. The second-order valence-electron chi connectivity index (χ2n) is 19.7. The molecule has 0 fully saturated rings. The Morgan fingerprint density at radius 2 is 0.636 bits per heavy atom. The molecule has 5 nitrogen and oxygen atoms in total. The molecule has 0 aliphatic carbocycles. The van der Waals surface area contributed by atoms with Crippen molar-refractivity contribution in [1.82, 2.24) is 0 Å². The number of carbonyl (C=O) groups is 2. The molecule has 0 heterocycles. The molecule has 0 aromatic rings. The summed E-state index contributed by atoms with van der Waals surface area (Å²) in [5, 5.41) is 9.62. The molecule has 1 N–H and O–H groups in total. The highest BCUT2D eigenvalue weighted by Gasteiger charge is 2.16. The van der Waals surface area contributed by atoms with Crippen LogP contribution in [-0.2, 0) is 19.1 Å². The minimum absolute atomic E-state index is 0.0702. The Kier molecular flexibility index (Phi) is 55.3. The van der Waals surface area contributed by atoms with Gasteiger partial charge in [-0.3, -0.25) is 9.59 Å². The maximum absolute atomic E-state index is 12.3. The van der Waals surface area contributed by atoms with Crippen LogP contribution in [0.15, 0.2) is 48.6 Å². The molecule has 0 aliphatic rings. The first-order valence-corrected chi connectivity index (χ1v) is 29.2. The first-order chi connectivity index (χ1) is 32.6. The van der Waals surface area contributed by atoms with Gasteiger partial charge in [0.15, 0.2) is 6.10 Å². The minimum Gasteiger partial charge on any atom is -0.462 e. The summed E-state index contributed by atoms with van der Waals surface area (Å²) in [7, 11) is 0. The van der Waals surface area contributed by atoms with Gasteiger partial charge in [-0.2, -0.15) is 0 Å². The Morgan fingerprint density at radius 1 is 0.348 bits per heavy atom. The van der Waals surface area contributed by atoms with Crippen LogP contribution in [0.4, 0.5) is 0 Å². The van der Waals surface area contributed by atoms with E-state index in [1.165, 1.54) is 218 Å². The largest absolute Gasteiger partial charge is 0.462 e. The zero-order valence-electron chi connectivity index (χ0n) is 44.2. The lowest BCUT2D eigenvalue weighted by molar-refractivity contribution is -0.161. The molecule has 1 unspecified atom stereocenters. The monoisotopic (exact) mass is 925 g/mol. The van der Waals surface area contributed by atoms with Gasteiger partial charge in [-0.15, -0.1) is 0 Å². The number of rotatable bonds is 54. The van der Waals surface area contributed by atoms with Gasteiger partial charge >= 0.3 is 11.9 Å². The first kappa shape index (κ1) is 63.9. The van der Waals surface area contributed by atoms with Crippen molar-refractivity contribution in [3.05, 3.63) is 48.6 Å². The molecule has 0 amide bonds. The van der Waals surface area contributed by atoms with E-state index in [9.17, 15) is 14.7 Å². The molecule has 5 heteroatoms. The molecule has 0 saturated heterocycles. The van der Waals surface area contributed by atoms with Crippen LogP contribution < -0.4 is 0 Å². The maximum Gasteiger partial charge on any atom is 0.306 e. The van der Waals surface area contributed by atoms with Crippen molar-refractivity contribution in [2.45, 2.75) is 315 Å².